The number of hydrogen-bond acceptors (Lipinski definition) is 6. The summed E-state index contributed by atoms with van der Waals surface area (Å²) in [6.07, 6.45) is 6.91. The van der Waals surface area contributed by atoms with Crippen LogP contribution in [0.2, 0.25) is 0 Å². The molecule has 1 heterocycles. The van der Waals surface area contributed by atoms with Crippen molar-refractivity contribution in [2.75, 3.05) is 19.1 Å². The Kier molecular flexibility index (Phi) is 5.86. The van der Waals surface area contributed by atoms with Gasteiger partial charge in [-0.15, -0.1) is 17.8 Å². The molecular weight excluding hydrogens is 346 g/mol. The maximum Gasteiger partial charge on any atom is 0.203 e. The summed E-state index contributed by atoms with van der Waals surface area (Å²) in [6, 6.07) is 15.4. The molecule has 0 bridgehead atoms. The van der Waals surface area contributed by atoms with E-state index in [1.54, 1.807) is 19.4 Å². The average Bonchev–Trinajstić information content (AvgIpc) is 3.16. The van der Waals surface area contributed by atoms with Gasteiger partial charge in [0.15, 0.2) is 0 Å². The van der Waals surface area contributed by atoms with Crippen molar-refractivity contribution in [3.05, 3.63) is 59.5 Å². The monoisotopic (exact) mass is 363 g/mol. The summed E-state index contributed by atoms with van der Waals surface area (Å²) >= 11 is 1.49. The Bertz CT molecular complexity index is 930. The van der Waals surface area contributed by atoms with Gasteiger partial charge in [0.25, 0.3) is 0 Å². The summed E-state index contributed by atoms with van der Waals surface area (Å²) in [7, 11) is 1.61. The highest BCUT2D eigenvalue weighted by Gasteiger charge is 2.05. The predicted molar refractivity (Wildman–Crippen MR) is 106 cm³/mol. The van der Waals surface area contributed by atoms with Crippen LogP contribution in [-0.4, -0.2) is 24.9 Å². The second-order valence-electron chi connectivity index (χ2n) is 5.17. The minimum Gasteiger partial charge on any atom is -0.497 e. The topological polar surface area (TPSA) is 55.7 Å². The van der Waals surface area contributed by atoms with Crippen molar-refractivity contribution < 1.29 is 9.47 Å². The van der Waals surface area contributed by atoms with E-state index in [9.17, 15) is 0 Å². The van der Waals surface area contributed by atoms with E-state index in [0.717, 1.165) is 16.8 Å². The van der Waals surface area contributed by atoms with E-state index in [1.165, 1.54) is 11.3 Å². The van der Waals surface area contributed by atoms with Crippen molar-refractivity contribution in [2.24, 2.45) is 5.10 Å². The Morgan fingerprint density at radius 3 is 2.88 bits per heavy atom. The van der Waals surface area contributed by atoms with Crippen LogP contribution in [0, 0.1) is 12.3 Å². The summed E-state index contributed by atoms with van der Waals surface area (Å²) in [5, 5.41) is 6.94. The van der Waals surface area contributed by atoms with Crippen molar-refractivity contribution in [3.8, 4) is 35.1 Å². The molecule has 130 valence electrons. The number of methoxy groups -OCH3 is 1. The maximum atomic E-state index is 5.53. The summed E-state index contributed by atoms with van der Waals surface area (Å²) in [5.74, 6) is 3.80. The van der Waals surface area contributed by atoms with E-state index in [4.69, 9.17) is 15.9 Å². The van der Waals surface area contributed by atoms with Gasteiger partial charge in [0.1, 0.15) is 18.1 Å². The maximum absolute atomic E-state index is 5.53. The Hall–Kier alpha value is -3.30. The van der Waals surface area contributed by atoms with E-state index in [1.807, 2.05) is 47.8 Å². The first-order chi connectivity index (χ1) is 12.8. The standard InChI is InChI=1S/C20H17N3O2S/c1-3-11-25-19-10-9-17(24-2)12-16(19)13-21-23-20-22-18(14-26-20)15-7-5-4-6-8-15/h1,4-10,12-14H,11H2,2H3,(H,22,23). The Balaban J connectivity index is 1.72. The van der Waals surface area contributed by atoms with Crippen LogP contribution in [0.5, 0.6) is 11.5 Å². The summed E-state index contributed by atoms with van der Waals surface area (Å²) < 4.78 is 10.8. The zero-order valence-electron chi connectivity index (χ0n) is 14.2. The molecule has 3 rings (SSSR count). The van der Waals surface area contributed by atoms with Crippen LogP contribution < -0.4 is 14.9 Å². The van der Waals surface area contributed by atoms with Gasteiger partial charge in [0, 0.05) is 16.5 Å². The molecule has 0 aliphatic heterocycles. The molecule has 2 aromatic carbocycles. The number of hydrogen-bond donors (Lipinski definition) is 1. The highest BCUT2D eigenvalue weighted by atomic mass is 32.1. The number of terminal acetylenes is 1. The Morgan fingerprint density at radius 2 is 2.12 bits per heavy atom. The highest BCUT2D eigenvalue weighted by molar-refractivity contribution is 7.14. The number of ether oxygens (including phenoxy) is 2. The van der Waals surface area contributed by atoms with Crippen molar-refractivity contribution >= 4 is 22.7 Å². The van der Waals surface area contributed by atoms with Gasteiger partial charge in [-0.3, -0.25) is 5.43 Å². The lowest BCUT2D eigenvalue weighted by Gasteiger charge is -2.08. The predicted octanol–water partition coefficient (Wildman–Crippen LogP) is 4.28. The average molecular weight is 363 g/mol. The van der Waals surface area contributed by atoms with Crippen LogP contribution in [0.3, 0.4) is 0 Å². The van der Waals surface area contributed by atoms with Crippen molar-refractivity contribution in [1.82, 2.24) is 4.98 Å². The molecule has 0 amide bonds. The Morgan fingerprint density at radius 1 is 1.27 bits per heavy atom. The molecule has 1 aromatic heterocycles. The normalized spacial score (nSPS) is 10.5. The minimum absolute atomic E-state index is 0.188. The van der Waals surface area contributed by atoms with E-state index in [0.29, 0.717) is 16.6 Å². The lowest BCUT2D eigenvalue weighted by Crippen LogP contribution is -1.99. The molecule has 0 fully saturated rings. The van der Waals surface area contributed by atoms with Crippen LogP contribution in [0.1, 0.15) is 5.56 Å². The molecule has 0 spiro atoms. The molecule has 0 saturated heterocycles. The van der Waals surface area contributed by atoms with Crippen LogP contribution in [0.25, 0.3) is 11.3 Å². The van der Waals surface area contributed by atoms with Gasteiger partial charge in [0.2, 0.25) is 5.13 Å². The fraction of sp³-hybridized carbons (Fsp3) is 0.100. The van der Waals surface area contributed by atoms with Crippen LogP contribution in [-0.2, 0) is 0 Å². The van der Waals surface area contributed by atoms with Gasteiger partial charge in [0.05, 0.1) is 19.0 Å². The number of nitrogens with one attached hydrogen (secondary N) is 1. The smallest absolute Gasteiger partial charge is 0.203 e. The molecule has 0 atom stereocenters. The molecule has 0 radical (unpaired) electrons. The molecule has 0 aliphatic carbocycles. The number of anilines is 1. The van der Waals surface area contributed by atoms with E-state index in [2.05, 4.69) is 21.4 Å². The van der Waals surface area contributed by atoms with E-state index in [-0.39, 0.29) is 6.61 Å². The Labute approximate surface area is 156 Å². The largest absolute Gasteiger partial charge is 0.497 e. The summed E-state index contributed by atoms with van der Waals surface area (Å²) in [6.45, 7) is 0.188. The van der Waals surface area contributed by atoms with Gasteiger partial charge in [-0.25, -0.2) is 4.98 Å². The number of hydrazone groups is 1. The first-order valence-electron chi connectivity index (χ1n) is 7.84. The van der Waals surface area contributed by atoms with Crippen molar-refractivity contribution in [3.63, 3.8) is 0 Å². The molecule has 3 aromatic rings. The minimum atomic E-state index is 0.188. The van der Waals surface area contributed by atoms with Crippen molar-refractivity contribution in [1.29, 1.82) is 0 Å². The van der Waals surface area contributed by atoms with Gasteiger partial charge >= 0.3 is 0 Å². The fourth-order valence-electron chi connectivity index (χ4n) is 2.23. The zero-order chi connectivity index (χ0) is 18.2. The number of benzene rings is 2. The second-order valence-corrected chi connectivity index (χ2v) is 6.03. The van der Waals surface area contributed by atoms with Gasteiger partial charge in [-0.2, -0.15) is 5.10 Å². The summed E-state index contributed by atoms with van der Waals surface area (Å²) in [5.41, 5.74) is 5.68. The molecule has 5 nitrogen and oxygen atoms in total. The zero-order valence-corrected chi connectivity index (χ0v) is 15.0. The highest BCUT2D eigenvalue weighted by Crippen LogP contribution is 2.25. The third kappa shape index (κ3) is 4.41. The molecular formula is C20H17N3O2S. The number of rotatable bonds is 7. The number of thiazole rings is 1. The van der Waals surface area contributed by atoms with Gasteiger partial charge in [-0.1, -0.05) is 36.3 Å². The SMILES string of the molecule is C#CCOc1ccc(OC)cc1C=NNc1nc(-c2ccccc2)cs1. The number of aromatic nitrogens is 1. The first kappa shape index (κ1) is 17.5. The molecule has 26 heavy (non-hydrogen) atoms. The van der Waals surface area contributed by atoms with Crippen LogP contribution >= 0.6 is 11.3 Å². The van der Waals surface area contributed by atoms with Crippen LogP contribution in [0.4, 0.5) is 5.13 Å². The second kappa shape index (κ2) is 8.70. The fourth-order valence-corrected chi connectivity index (χ4v) is 2.90. The van der Waals surface area contributed by atoms with Crippen LogP contribution in [0.15, 0.2) is 59.0 Å². The lowest BCUT2D eigenvalue weighted by atomic mass is 10.2. The summed E-state index contributed by atoms with van der Waals surface area (Å²) in [4.78, 5) is 4.53. The van der Waals surface area contributed by atoms with Crippen molar-refractivity contribution in [2.45, 2.75) is 0 Å². The molecule has 0 saturated carbocycles. The van der Waals surface area contributed by atoms with E-state index < -0.39 is 0 Å². The lowest BCUT2D eigenvalue weighted by molar-refractivity contribution is 0.367. The molecule has 6 heteroatoms. The third-order valence-electron chi connectivity index (χ3n) is 3.47. The van der Waals surface area contributed by atoms with Gasteiger partial charge < -0.3 is 9.47 Å². The first-order valence-corrected chi connectivity index (χ1v) is 8.72. The van der Waals surface area contributed by atoms with E-state index >= 15 is 0 Å². The third-order valence-corrected chi connectivity index (χ3v) is 4.21. The molecule has 1 N–H and O–H groups in total. The quantitative estimate of drug-likeness (QED) is 0.387. The van der Waals surface area contributed by atoms with Gasteiger partial charge in [-0.05, 0) is 18.2 Å². The molecule has 0 aliphatic rings. The number of nitrogens with zero attached hydrogens (tertiary/aromatic N) is 2. The molecule has 0 unspecified atom stereocenters.